The van der Waals surface area contributed by atoms with Crippen LogP contribution >= 0.6 is 0 Å². The van der Waals surface area contributed by atoms with Gasteiger partial charge in [-0.25, -0.2) is 0 Å². The van der Waals surface area contributed by atoms with Crippen LogP contribution in [-0.2, 0) is 24.3 Å². The minimum absolute atomic E-state index is 0. The smallest absolute Gasteiger partial charge is 0.133 e. The van der Waals surface area contributed by atoms with Gasteiger partial charge in [0, 0.05) is 25.9 Å². The maximum atomic E-state index is 9.97. The summed E-state index contributed by atoms with van der Waals surface area (Å²) in [5.41, 5.74) is 0. The number of Topliss-reactive ketones (excluding diaryl/α,β-unsaturated/α-hetero) is 1. The normalized spacial score (nSPS) is 6.43. The Balaban J connectivity index is 0. The van der Waals surface area contributed by atoms with E-state index in [1.807, 2.05) is 0 Å². The Bertz CT molecular complexity index is 68.5. The summed E-state index contributed by atoms with van der Waals surface area (Å²) in [6.07, 6.45) is 2.10. The minimum Gasteiger partial charge on any atom is -0.300 e. The van der Waals surface area contributed by atoms with Gasteiger partial charge in [-0.2, -0.15) is 0 Å². The molecule has 0 unspecified atom stereocenters. The molecule has 0 saturated heterocycles. The predicted octanol–water partition coefficient (Wildman–Crippen LogP) is 1.15. The number of hydrogen-bond donors (Lipinski definition) is 0. The quantitative estimate of drug-likeness (QED) is 0.466. The third-order valence-electron chi connectivity index (χ3n) is 0.432. The van der Waals surface area contributed by atoms with Crippen molar-refractivity contribution in [2.24, 2.45) is 0 Å². The summed E-state index contributed by atoms with van der Waals surface area (Å²) in [6.45, 7) is 4.92. The van der Waals surface area contributed by atoms with E-state index in [0.717, 1.165) is 0 Å². The van der Waals surface area contributed by atoms with E-state index in [-0.39, 0.29) is 25.3 Å². The van der Waals surface area contributed by atoms with Crippen molar-refractivity contribution in [3.63, 3.8) is 0 Å². The van der Waals surface area contributed by atoms with Gasteiger partial charge < -0.3 is 0 Å². The van der Waals surface area contributed by atoms with Gasteiger partial charge in [0.2, 0.25) is 0 Å². The summed E-state index contributed by atoms with van der Waals surface area (Å²) in [5, 5.41) is 0. The van der Waals surface area contributed by atoms with E-state index in [1.54, 1.807) is 13.0 Å². The molecule has 0 heterocycles. The minimum atomic E-state index is 0. The van der Waals surface area contributed by atoms with Crippen molar-refractivity contribution >= 4 is 5.78 Å². The number of rotatable bonds is 2. The number of carbonyl (C=O) groups excluding carboxylic acids is 1. The maximum Gasteiger partial charge on any atom is 0.133 e. The average molecular weight is 185 g/mol. The van der Waals surface area contributed by atoms with E-state index < -0.39 is 0 Å². The zero-order valence-electron chi connectivity index (χ0n) is 4.25. The van der Waals surface area contributed by atoms with Crippen LogP contribution in [0.25, 0.3) is 0 Å². The molecule has 0 N–H and O–H groups in total. The summed E-state index contributed by atoms with van der Waals surface area (Å²) in [4.78, 5) is 9.97. The van der Waals surface area contributed by atoms with Gasteiger partial charge in [0.05, 0.1) is 0 Å². The first-order valence-corrected chi connectivity index (χ1v) is 1.87. The zero-order chi connectivity index (χ0) is 4.99. The Morgan fingerprint density at radius 2 is 2.29 bits per heavy atom. The Morgan fingerprint density at radius 3 is 2.29 bits per heavy atom. The van der Waals surface area contributed by atoms with Crippen molar-refractivity contribution in [1.29, 1.82) is 0 Å². The summed E-state index contributed by atoms with van der Waals surface area (Å²) in [6, 6.07) is 0. The van der Waals surface area contributed by atoms with Crippen LogP contribution in [0.2, 0.25) is 0 Å². The number of allylic oxidation sites excluding steroid dienone is 1. The molecule has 0 spiro atoms. The molecule has 0 aromatic carbocycles. The fourth-order valence-corrected chi connectivity index (χ4v) is 0.203. The van der Waals surface area contributed by atoms with E-state index in [4.69, 9.17) is 0 Å². The van der Waals surface area contributed by atoms with Gasteiger partial charge in [0.1, 0.15) is 5.78 Å². The fraction of sp³-hybridized carbons (Fsp3) is 0.400. The molecular weight excluding hydrogens is 177 g/mol. The molecule has 0 rings (SSSR count). The Morgan fingerprint density at radius 1 is 1.86 bits per heavy atom. The first-order chi connectivity index (χ1) is 2.77. The van der Waals surface area contributed by atoms with E-state index in [2.05, 4.69) is 6.58 Å². The van der Waals surface area contributed by atoms with Crippen LogP contribution in [0.3, 0.4) is 0 Å². The molecule has 0 aliphatic carbocycles. The molecule has 0 aromatic rings. The number of ketones is 1. The Labute approximate surface area is 56.6 Å². The van der Waals surface area contributed by atoms with Crippen molar-refractivity contribution in [2.75, 3.05) is 0 Å². The number of carbonyl (C=O) groups is 1. The Kier molecular flexibility index (Phi) is 8.71. The van der Waals surface area contributed by atoms with Crippen molar-refractivity contribution in [1.82, 2.24) is 0 Å². The first kappa shape index (κ1) is 10.1. The first-order valence-electron chi connectivity index (χ1n) is 1.87. The second kappa shape index (κ2) is 6.03. The van der Waals surface area contributed by atoms with Crippen LogP contribution in [0.5, 0.6) is 0 Å². The van der Waals surface area contributed by atoms with Gasteiger partial charge >= 0.3 is 0 Å². The molecule has 7 heavy (non-hydrogen) atoms. The van der Waals surface area contributed by atoms with Gasteiger partial charge in [-0.1, -0.05) is 6.08 Å². The van der Waals surface area contributed by atoms with E-state index in [0.29, 0.717) is 6.42 Å². The van der Waals surface area contributed by atoms with Crippen LogP contribution in [0.4, 0.5) is 0 Å². The molecule has 0 bridgehead atoms. The third-order valence-corrected chi connectivity index (χ3v) is 0.432. The topological polar surface area (TPSA) is 17.1 Å². The summed E-state index contributed by atoms with van der Waals surface area (Å²) in [5.74, 6) is 0.171. The van der Waals surface area contributed by atoms with Gasteiger partial charge in [-0.15, -0.1) is 6.58 Å². The molecule has 0 atom stereocenters. The largest absolute Gasteiger partial charge is 0.300 e. The SMILES string of the molecule is C=CCC(C)=O.[Ru]. The van der Waals surface area contributed by atoms with Crippen LogP contribution in [0.15, 0.2) is 12.7 Å². The molecule has 1 nitrogen and oxygen atoms in total. The zero-order valence-corrected chi connectivity index (χ0v) is 5.99. The molecule has 0 aliphatic rings. The number of hydrogen-bond acceptors (Lipinski definition) is 1. The van der Waals surface area contributed by atoms with Gasteiger partial charge in [0.15, 0.2) is 0 Å². The van der Waals surface area contributed by atoms with Crippen molar-refractivity contribution in [2.45, 2.75) is 13.3 Å². The van der Waals surface area contributed by atoms with Crippen LogP contribution in [0, 0.1) is 0 Å². The molecule has 0 aliphatic heterocycles. The molecule has 0 fully saturated rings. The van der Waals surface area contributed by atoms with E-state index in [1.165, 1.54) is 0 Å². The summed E-state index contributed by atoms with van der Waals surface area (Å²) >= 11 is 0. The van der Waals surface area contributed by atoms with Crippen molar-refractivity contribution < 1.29 is 24.3 Å². The third kappa shape index (κ3) is 10.7. The van der Waals surface area contributed by atoms with Gasteiger partial charge in [0.25, 0.3) is 0 Å². The molecule has 42 valence electrons. The van der Waals surface area contributed by atoms with E-state index >= 15 is 0 Å². The van der Waals surface area contributed by atoms with Crippen molar-refractivity contribution in [3.8, 4) is 0 Å². The van der Waals surface area contributed by atoms with Gasteiger partial charge in [-0.05, 0) is 6.92 Å². The monoisotopic (exact) mass is 186 g/mol. The molecule has 0 saturated carbocycles. The van der Waals surface area contributed by atoms with Crippen LogP contribution < -0.4 is 0 Å². The standard InChI is InChI=1S/C5H8O.Ru/c1-3-4-5(2)6;/h3H,1,4H2,2H3;. The van der Waals surface area contributed by atoms with Crippen LogP contribution in [-0.4, -0.2) is 5.78 Å². The second-order valence-corrected chi connectivity index (χ2v) is 1.19. The molecular formula is C5H8ORu. The van der Waals surface area contributed by atoms with Crippen molar-refractivity contribution in [3.05, 3.63) is 12.7 Å². The average Bonchev–Trinajstić information content (AvgIpc) is 1.35. The fourth-order valence-electron chi connectivity index (χ4n) is 0.203. The molecule has 0 amide bonds. The summed E-state index contributed by atoms with van der Waals surface area (Å²) in [7, 11) is 0. The van der Waals surface area contributed by atoms with Gasteiger partial charge in [-0.3, -0.25) is 4.79 Å². The molecule has 0 aromatic heterocycles. The molecule has 2 heteroatoms. The van der Waals surface area contributed by atoms with Crippen LogP contribution in [0.1, 0.15) is 13.3 Å². The predicted molar refractivity (Wildman–Crippen MR) is 25.5 cm³/mol. The molecule has 0 radical (unpaired) electrons. The maximum absolute atomic E-state index is 9.97. The van der Waals surface area contributed by atoms with E-state index in [9.17, 15) is 4.79 Å². The second-order valence-electron chi connectivity index (χ2n) is 1.19. The Hall–Kier alpha value is 0.0334. The summed E-state index contributed by atoms with van der Waals surface area (Å²) < 4.78 is 0.